The Balaban J connectivity index is 1.39. The van der Waals surface area contributed by atoms with Crippen molar-refractivity contribution in [3.8, 4) is 22.5 Å². The van der Waals surface area contributed by atoms with Crippen LogP contribution in [0.1, 0.15) is 36.8 Å². The number of ether oxygens (including phenoxy) is 2. The summed E-state index contributed by atoms with van der Waals surface area (Å²) in [5.41, 5.74) is 6.06. The topological polar surface area (TPSA) is 106 Å². The number of benzene rings is 3. The summed E-state index contributed by atoms with van der Waals surface area (Å²) in [6.45, 7) is 5.63. The molecule has 0 radical (unpaired) electrons. The molecule has 8 nitrogen and oxygen atoms in total. The lowest BCUT2D eigenvalue weighted by atomic mass is 9.99. The van der Waals surface area contributed by atoms with Crippen LogP contribution < -0.4 is 5.32 Å². The van der Waals surface area contributed by atoms with E-state index in [2.05, 4.69) is 15.5 Å². The third kappa shape index (κ3) is 5.72. The van der Waals surface area contributed by atoms with E-state index in [-0.39, 0.29) is 12.4 Å². The summed E-state index contributed by atoms with van der Waals surface area (Å²) in [5.74, 6) is 0.142. The maximum atomic E-state index is 12.8. The average Bonchev–Trinajstić information content (AvgIpc) is 3.51. The highest BCUT2D eigenvalue weighted by Gasteiger charge is 2.21. The van der Waals surface area contributed by atoms with Crippen molar-refractivity contribution < 1.29 is 23.6 Å². The lowest BCUT2D eigenvalue weighted by Gasteiger charge is -2.15. The van der Waals surface area contributed by atoms with E-state index >= 15 is 0 Å². The Kier molecular flexibility index (Phi) is 7.89. The van der Waals surface area contributed by atoms with E-state index < -0.39 is 12.2 Å². The molecule has 2 N–H and O–H groups in total. The number of aryl methyl sites for hydroxylation is 1. The van der Waals surface area contributed by atoms with Gasteiger partial charge in [-0.2, -0.15) is 0 Å². The second-order valence-corrected chi connectivity index (χ2v) is 9.71. The fourth-order valence-electron chi connectivity index (χ4n) is 4.59. The Hall–Kier alpha value is -4.56. The van der Waals surface area contributed by atoms with E-state index in [1.54, 1.807) is 26.8 Å². The first-order chi connectivity index (χ1) is 19.3. The molecule has 1 atom stereocenters. The zero-order valence-electron chi connectivity index (χ0n) is 22.3. The molecule has 0 bridgehead atoms. The molecular weight excluding hydrogens is 530 g/mol. The lowest BCUT2D eigenvalue weighted by molar-refractivity contribution is -0.142. The van der Waals surface area contributed by atoms with Gasteiger partial charge in [0.15, 0.2) is 5.76 Å². The summed E-state index contributed by atoms with van der Waals surface area (Å²) in [6, 6.07) is 21.0. The van der Waals surface area contributed by atoms with Crippen LogP contribution in [0.25, 0.3) is 33.4 Å². The Morgan fingerprint density at radius 3 is 2.62 bits per heavy atom. The van der Waals surface area contributed by atoms with Gasteiger partial charge in [-0.1, -0.05) is 59.2 Å². The van der Waals surface area contributed by atoms with Crippen LogP contribution in [0.4, 0.5) is 10.5 Å². The van der Waals surface area contributed by atoms with Gasteiger partial charge in [0.05, 0.1) is 13.0 Å². The number of hydrogen-bond acceptors (Lipinski definition) is 6. The van der Waals surface area contributed by atoms with Gasteiger partial charge in [-0.3, -0.25) is 10.1 Å². The maximum absolute atomic E-state index is 12.8. The van der Waals surface area contributed by atoms with Gasteiger partial charge < -0.3 is 19.0 Å². The van der Waals surface area contributed by atoms with Crippen LogP contribution in [0.3, 0.4) is 0 Å². The van der Waals surface area contributed by atoms with Crippen LogP contribution in [-0.2, 0) is 20.7 Å². The van der Waals surface area contributed by atoms with Crippen molar-refractivity contribution in [2.45, 2.75) is 33.3 Å². The van der Waals surface area contributed by atoms with Crippen molar-refractivity contribution in [1.29, 1.82) is 0 Å². The van der Waals surface area contributed by atoms with Gasteiger partial charge in [0, 0.05) is 33.2 Å². The molecule has 0 aliphatic heterocycles. The van der Waals surface area contributed by atoms with Gasteiger partial charge in [0.25, 0.3) is 0 Å². The highest BCUT2D eigenvalue weighted by Crippen LogP contribution is 2.35. The van der Waals surface area contributed by atoms with Crippen molar-refractivity contribution >= 4 is 40.3 Å². The number of aromatic nitrogens is 2. The number of esters is 1. The normalized spacial score (nSPS) is 11.8. The standard InChI is InChI=1S/C31H28ClN3O5/c1-4-38-28(36)16-23-17-33-27-13-12-21(15-25(23)27)20-8-7-9-22(14-20)30-29(18(2)35-40-30)34-31(37)39-19(3)24-10-5-6-11-26(24)32/h5-15,17,19,33H,4,16H2,1-3H3,(H,34,37). The number of hydrogen-bond donors (Lipinski definition) is 2. The van der Waals surface area contributed by atoms with Crippen LogP contribution >= 0.6 is 11.6 Å². The third-order valence-corrected chi connectivity index (χ3v) is 6.93. The summed E-state index contributed by atoms with van der Waals surface area (Å²) >= 11 is 6.25. The molecule has 0 spiro atoms. The van der Waals surface area contributed by atoms with Crippen LogP contribution in [0, 0.1) is 6.92 Å². The number of carbonyl (C=O) groups is 2. The van der Waals surface area contributed by atoms with E-state index in [9.17, 15) is 9.59 Å². The number of fused-ring (bicyclic) bond motifs is 1. The molecule has 5 rings (SSSR count). The molecule has 2 aromatic heterocycles. The predicted molar refractivity (Wildman–Crippen MR) is 154 cm³/mol. The van der Waals surface area contributed by atoms with Gasteiger partial charge in [-0.15, -0.1) is 0 Å². The summed E-state index contributed by atoms with van der Waals surface area (Å²) in [7, 11) is 0. The van der Waals surface area contributed by atoms with E-state index in [0.717, 1.165) is 33.2 Å². The quantitative estimate of drug-likeness (QED) is 0.188. The number of aromatic amines is 1. The molecule has 2 heterocycles. The fraction of sp³-hybridized carbons (Fsp3) is 0.194. The van der Waals surface area contributed by atoms with Gasteiger partial charge in [0.2, 0.25) is 0 Å². The molecule has 0 saturated carbocycles. The van der Waals surface area contributed by atoms with E-state index in [0.29, 0.717) is 34.3 Å². The number of amides is 1. The molecule has 204 valence electrons. The number of H-pyrrole nitrogens is 1. The second-order valence-electron chi connectivity index (χ2n) is 9.30. The maximum Gasteiger partial charge on any atom is 0.412 e. The Morgan fingerprint density at radius 2 is 1.82 bits per heavy atom. The average molecular weight is 558 g/mol. The number of anilines is 1. The molecule has 0 aliphatic carbocycles. The van der Waals surface area contributed by atoms with Crippen molar-refractivity contribution in [2.75, 3.05) is 11.9 Å². The molecular formula is C31H28ClN3O5. The zero-order chi connectivity index (χ0) is 28.2. The number of nitrogens with one attached hydrogen (secondary N) is 2. The molecule has 5 aromatic rings. The highest BCUT2D eigenvalue weighted by atomic mass is 35.5. The van der Waals surface area contributed by atoms with Gasteiger partial charge in [-0.05, 0) is 61.7 Å². The first-order valence-corrected chi connectivity index (χ1v) is 13.3. The molecule has 0 saturated heterocycles. The minimum atomic E-state index is -0.650. The summed E-state index contributed by atoms with van der Waals surface area (Å²) in [4.78, 5) is 28.1. The van der Waals surface area contributed by atoms with E-state index in [1.165, 1.54) is 0 Å². The van der Waals surface area contributed by atoms with Crippen molar-refractivity contribution in [2.24, 2.45) is 0 Å². The largest absolute Gasteiger partial charge is 0.466 e. The Labute approximate surface area is 236 Å². The van der Waals surface area contributed by atoms with Gasteiger partial charge in [0.1, 0.15) is 17.5 Å². The Bertz CT molecular complexity index is 1690. The number of rotatable bonds is 8. The first-order valence-electron chi connectivity index (χ1n) is 12.9. The molecule has 0 fully saturated rings. The summed E-state index contributed by atoms with van der Waals surface area (Å²) < 4.78 is 16.3. The minimum absolute atomic E-state index is 0.189. The molecule has 3 aromatic carbocycles. The predicted octanol–water partition coefficient (Wildman–Crippen LogP) is 7.87. The molecule has 1 amide bonds. The molecule has 40 heavy (non-hydrogen) atoms. The summed E-state index contributed by atoms with van der Waals surface area (Å²) in [5, 5.41) is 8.33. The number of nitrogens with zero attached hydrogens (tertiary/aromatic N) is 1. The number of carbonyl (C=O) groups excluding carboxylic acids is 2. The van der Waals surface area contributed by atoms with Crippen LogP contribution in [0.2, 0.25) is 5.02 Å². The third-order valence-electron chi connectivity index (χ3n) is 6.58. The zero-order valence-corrected chi connectivity index (χ0v) is 23.0. The molecule has 1 unspecified atom stereocenters. The molecule has 0 aliphatic rings. The highest BCUT2D eigenvalue weighted by molar-refractivity contribution is 6.31. The van der Waals surface area contributed by atoms with E-state index in [4.69, 9.17) is 25.6 Å². The van der Waals surface area contributed by atoms with Crippen LogP contribution in [0.5, 0.6) is 0 Å². The van der Waals surface area contributed by atoms with Crippen molar-refractivity contribution in [3.63, 3.8) is 0 Å². The SMILES string of the molecule is CCOC(=O)Cc1c[nH]c2ccc(-c3cccc(-c4onc(C)c4NC(=O)OC(C)c4ccccc4Cl)c3)cc12. The monoisotopic (exact) mass is 557 g/mol. The first kappa shape index (κ1) is 27.0. The van der Waals surface area contributed by atoms with Crippen LogP contribution in [-0.4, -0.2) is 28.8 Å². The summed E-state index contributed by atoms with van der Waals surface area (Å²) in [6.07, 6.45) is 0.818. The lowest BCUT2D eigenvalue weighted by Crippen LogP contribution is -2.17. The van der Waals surface area contributed by atoms with Gasteiger partial charge in [-0.25, -0.2) is 4.79 Å². The van der Waals surface area contributed by atoms with Gasteiger partial charge >= 0.3 is 12.1 Å². The number of halogens is 1. The second kappa shape index (κ2) is 11.7. The van der Waals surface area contributed by atoms with Crippen molar-refractivity contribution in [1.82, 2.24) is 10.1 Å². The minimum Gasteiger partial charge on any atom is -0.466 e. The molecule has 9 heteroatoms. The van der Waals surface area contributed by atoms with E-state index in [1.807, 2.05) is 66.9 Å². The smallest absolute Gasteiger partial charge is 0.412 e. The van der Waals surface area contributed by atoms with Crippen molar-refractivity contribution in [3.05, 3.63) is 94.8 Å². The fourth-order valence-corrected chi connectivity index (χ4v) is 4.88. The Morgan fingerprint density at radius 1 is 1.05 bits per heavy atom. The van der Waals surface area contributed by atoms with Crippen LogP contribution in [0.15, 0.2) is 77.4 Å².